The third kappa shape index (κ3) is 3.58. The van der Waals surface area contributed by atoms with Crippen molar-refractivity contribution in [2.24, 2.45) is 0 Å². The molecule has 7 rings (SSSR count). The Morgan fingerprint density at radius 3 is 1.51 bits per heavy atom. The smallest absolute Gasteiger partial charge is 0.245 e. The highest BCUT2D eigenvalue weighted by atomic mass is 19.4. The van der Waals surface area contributed by atoms with E-state index >= 15 is 0 Å². The predicted octanol–water partition coefficient (Wildman–Crippen LogP) is 7.10. The lowest BCUT2D eigenvalue weighted by molar-refractivity contribution is -0.137. The quantitative estimate of drug-likeness (QED) is 0.0836. The molecule has 2 heterocycles. The van der Waals surface area contributed by atoms with E-state index in [1.54, 1.807) is 18.2 Å². The summed E-state index contributed by atoms with van der Waals surface area (Å²) >= 11 is 0. The van der Waals surface area contributed by atoms with Crippen LogP contribution in [-0.4, -0.2) is 19.9 Å². The van der Waals surface area contributed by atoms with Crippen molar-refractivity contribution in [1.29, 1.82) is 10.5 Å². The lowest BCUT2D eigenvalue weighted by atomic mass is 10.0. The van der Waals surface area contributed by atoms with Crippen LogP contribution in [0.4, 0.5) is 17.6 Å². The fraction of sp³-hybridized carbons (Fsp3) is 0.0323. The molecule has 0 saturated heterocycles. The number of allylic oxidation sites excluding steroid dienone is 2. The summed E-state index contributed by atoms with van der Waals surface area (Å²) in [6, 6.07) is 13.7. The molecule has 0 unspecified atom stereocenters. The number of hydrogen-bond acceptors (Lipinski definition) is 6. The van der Waals surface area contributed by atoms with E-state index in [9.17, 15) is 28.1 Å². The van der Waals surface area contributed by atoms with E-state index in [0.29, 0.717) is 33.4 Å². The molecule has 0 N–H and O–H groups in total. The number of nitriles is 2. The summed E-state index contributed by atoms with van der Waals surface area (Å²) in [6.07, 6.45) is -4.66. The summed E-state index contributed by atoms with van der Waals surface area (Å²) in [5, 5.41) is 19.2. The van der Waals surface area contributed by atoms with E-state index in [2.05, 4.69) is 24.6 Å². The van der Waals surface area contributed by atoms with Crippen LogP contribution in [0.2, 0.25) is 0 Å². The number of benzene rings is 3. The highest BCUT2D eigenvalue weighted by Crippen LogP contribution is 2.48. The molecular formula is C31H8F4N8. The van der Waals surface area contributed by atoms with E-state index < -0.39 is 23.3 Å². The maximum absolute atomic E-state index is 14.2. The second kappa shape index (κ2) is 8.75. The predicted molar refractivity (Wildman–Crippen MR) is 145 cm³/mol. The van der Waals surface area contributed by atoms with Crippen molar-refractivity contribution in [2.75, 3.05) is 0 Å². The van der Waals surface area contributed by atoms with E-state index in [4.69, 9.17) is 18.1 Å². The van der Waals surface area contributed by atoms with Crippen LogP contribution in [0, 0.1) is 41.6 Å². The Balaban J connectivity index is 1.51. The van der Waals surface area contributed by atoms with E-state index in [1.807, 2.05) is 6.07 Å². The van der Waals surface area contributed by atoms with E-state index in [0.717, 1.165) is 12.1 Å². The van der Waals surface area contributed by atoms with Crippen molar-refractivity contribution in [3.05, 3.63) is 117 Å². The van der Waals surface area contributed by atoms with Crippen molar-refractivity contribution in [2.45, 2.75) is 6.18 Å². The van der Waals surface area contributed by atoms with Crippen LogP contribution >= 0.6 is 0 Å². The normalized spacial score (nSPS) is 15.0. The number of hydrogen-bond donors (Lipinski definition) is 0. The summed E-state index contributed by atoms with van der Waals surface area (Å²) in [4.78, 5) is 25.2. The first-order chi connectivity index (χ1) is 20.7. The van der Waals surface area contributed by atoms with Crippen LogP contribution in [0.3, 0.4) is 0 Å². The van der Waals surface area contributed by atoms with Gasteiger partial charge in [-0.3, -0.25) is 0 Å². The highest BCUT2D eigenvalue weighted by molar-refractivity contribution is 6.06. The number of nitrogens with zero attached hydrogens (tertiary/aromatic N) is 8. The van der Waals surface area contributed by atoms with Crippen LogP contribution in [-0.2, 0) is 6.18 Å². The molecule has 0 bridgehead atoms. The third-order valence-electron chi connectivity index (χ3n) is 7.21. The molecule has 5 aromatic rings. The Morgan fingerprint density at radius 2 is 1.07 bits per heavy atom. The second-order valence-corrected chi connectivity index (χ2v) is 9.51. The van der Waals surface area contributed by atoms with Crippen molar-refractivity contribution < 1.29 is 17.6 Å². The van der Waals surface area contributed by atoms with Crippen LogP contribution in [0.25, 0.3) is 65.4 Å². The molecule has 2 aliphatic carbocycles. The molecule has 0 atom stereocenters. The number of fused-ring (bicyclic) bond motifs is 8. The Kier molecular flexibility index (Phi) is 5.18. The molecule has 2 aromatic heterocycles. The van der Waals surface area contributed by atoms with E-state index in [-0.39, 0.29) is 50.6 Å². The molecule has 0 radical (unpaired) electrons. The number of alkyl halides is 3. The van der Waals surface area contributed by atoms with Gasteiger partial charge in [0.2, 0.25) is 0 Å². The van der Waals surface area contributed by atoms with Gasteiger partial charge in [-0.25, -0.2) is 44.5 Å². The van der Waals surface area contributed by atoms with E-state index in [1.165, 1.54) is 24.3 Å². The summed E-state index contributed by atoms with van der Waals surface area (Å²) in [5.41, 5.74) is 1.61. The molecule has 0 aliphatic heterocycles. The molecule has 0 amide bonds. The molecule has 12 heteroatoms. The average molecular weight is 568 g/mol. The molecule has 0 fully saturated rings. The summed E-state index contributed by atoms with van der Waals surface area (Å²) in [7, 11) is 0. The maximum Gasteiger partial charge on any atom is 0.416 e. The zero-order chi connectivity index (χ0) is 30.2. The highest BCUT2D eigenvalue weighted by Gasteiger charge is 2.36. The molecule has 0 saturated carbocycles. The van der Waals surface area contributed by atoms with Gasteiger partial charge in [0.15, 0.2) is 0 Å². The van der Waals surface area contributed by atoms with Gasteiger partial charge in [-0.15, -0.1) is 0 Å². The topological polar surface area (TPSA) is 108 Å². The molecule has 0 spiro atoms. The fourth-order valence-corrected chi connectivity index (χ4v) is 5.40. The lowest BCUT2D eigenvalue weighted by Gasteiger charge is -2.09. The maximum atomic E-state index is 14.2. The number of rotatable bonds is 0. The average Bonchev–Trinajstić information content (AvgIpc) is 3.46. The van der Waals surface area contributed by atoms with Gasteiger partial charge in [0.05, 0.1) is 75.7 Å². The van der Waals surface area contributed by atoms with Crippen molar-refractivity contribution in [3.8, 4) is 34.7 Å². The molecule has 43 heavy (non-hydrogen) atoms. The fourth-order valence-electron chi connectivity index (χ4n) is 5.40. The lowest BCUT2D eigenvalue weighted by Crippen LogP contribution is -2.05. The largest absolute Gasteiger partial charge is 0.416 e. The third-order valence-corrected chi connectivity index (χ3v) is 7.21. The Morgan fingerprint density at radius 1 is 0.628 bits per heavy atom. The Bertz CT molecular complexity index is 2360. The monoisotopic (exact) mass is 568 g/mol. The first-order valence-corrected chi connectivity index (χ1v) is 12.3. The van der Waals surface area contributed by atoms with Gasteiger partial charge in [0.25, 0.3) is 11.4 Å². The molecule has 200 valence electrons. The SMILES string of the molecule is [C-]#[N+]/C(C#N)=C1/c2cc(C(F)(F)F)ccc2-c2nc3cc4nc5c(nc4cc3nc21)-c1ccc(F)cc1/C5=C(/C#N)[N+]#[C-]. The zero-order valence-electron chi connectivity index (χ0n) is 21.2. The number of aromatic nitrogens is 4. The zero-order valence-corrected chi connectivity index (χ0v) is 21.2. The Hall–Kier alpha value is -6.50. The number of halogens is 4. The minimum atomic E-state index is -4.66. The minimum Gasteiger partial charge on any atom is -0.245 e. The summed E-state index contributed by atoms with van der Waals surface area (Å²) < 4.78 is 54.9. The van der Waals surface area contributed by atoms with Gasteiger partial charge in [-0.05, 0) is 53.6 Å². The summed E-state index contributed by atoms with van der Waals surface area (Å²) in [6.45, 7) is 14.9. The van der Waals surface area contributed by atoms with Crippen molar-refractivity contribution >= 4 is 33.2 Å². The molecule has 8 nitrogen and oxygen atoms in total. The van der Waals surface area contributed by atoms with Crippen LogP contribution in [0.5, 0.6) is 0 Å². The van der Waals surface area contributed by atoms with Crippen molar-refractivity contribution in [1.82, 2.24) is 19.9 Å². The van der Waals surface area contributed by atoms with Crippen LogP contribution in [0.1, 0.15) is 28.1 Å². The molecule has 2 aliphatic rings. The van der Waals surface area contributed by atoms with Gasteiger partial charge in [0.1, 0.15) is 5.82 Å². The van der Waals surface area contributed by atoms with Crippen LogP contribution < -0.4 is 0 Å². The first kappa shape index (κ1) is 25.5. The minimum absolute atomic E-state index is 0.0225. The van der Waals surface area contributed by atoms with Gasteiger partial charge in [-0.2, -0.15) is 13.2 Å². The summed E-state index contributed by atoms with van der Waals surface area (Å²) in [5.74, 6) is -0.563. The van der Waals surface area contributed by atoms with Crippen LogP contribution in [0.15, 0.2) is 59.9 Å². The van der Waals surface area contributed by atoms with Gasteiger partial charge in [0, 0.05) is 22.3 Å². The molecule has 3 aromatic carbocycles. The van der Waals surface area contributed by atoms with Gasteiger partial charge in [-0.1, -0.05) is 6.07 Å². The first-order valence-electron chi connectivity index (χ1n) is 12.3. The van der Waals surface area contributed by atoms with Crippen molar-refractivity contribution in [3.63, 3.8) is 0 Å². The Labute approximate surface area is 238 Å². The standard InChI is InChI=1S/C31H8F4N8/c1-38-23(11-36)25-17-7-13(31(33,34)35)3-5-15(17)27-29(25)42-21-10-20-22(9-19(21)40-27)43-30-26(24(12-37)39-2)18-8-14(32)4-6-16(18)28(30)41-20/h3-10H/b25-23-,26-24+. The second-order valence-electron chi connectivity index (χ2n) is 9.51. The van der Waals surface area contributed by atoms with Gasteiger partial charge < -0.3 is 0 Å². The van der Waals surface area contributed by atoms with Gasteiger partial charge >= 0.3 is 6.18 Å². The molecular weight excluding hydrogens is 560 g/mol.